The molecule has 0 aromatic carbocycles. The minimum Gasteiger partial charge on any atom is -0.338 e. The molecule has 0 saturated heterocycles. The van der Waals surface area contributed by atoms with Crippen molar-refractivity contribution in [1.82, 2.24) is 9.88 Å². The number of carbonyl (C=O) groups excluding carboxylic acids is 1. The maximum atomic E-state index is 11.5. The first-order chi connectivity index (χ1) is 7.04. The van der Waals surface area contributed by atoms with E-state index in [4.69, 9.17) is 5.73 Å². The zero-order valence-corrected chi connectivity index (χ0v) is 12.6. The number of likely N-dealkylation sites (N-methyl/N-ethyl adjacent to an activating group) is 1. The van der Waals surface area contributed by atoms with E-state index in [-0.39, 0.29) is 30.7 Å². The number of hydrogen-bond acceptors (Lipinski definition) is 4. The summed E-state index contributed by atoms with van der Waals surface area (Å²) in [5.74, 6) is -0.0525. The van der Waals surface area contributed by atoms with E-state index in [1.807, 2.05) is 6.20 Å². The summed E-state index contributed by atoms with van der Waals surface area (Å²) in [7, 11) is 1.75. The number of halogens is 2. The highest BCUT2D eigenvalue weighted by Crippen LogP contribution is 2.14. The van der Waals surface area contributed by atoms with Gasteiger partial charge in [-0.1, -0.05) is 6.92 Å². The quantitative estimate of drug-likeness (QED) is 0.923. The molecule has 1 heterocycles. The van der Waals surface area contributed by atoms with E-state index < -0.39 is 6.04 Å². The van der Waals surface area contributed by atoms with Gasteiger partial charge in [0.15, 0.2) is 0 Å². The molecule has 1 aromatic rings. The zero-order valence-electron chi connectivity index (χ0n) is 10.2. The van der Waals surface area contributed by atoms with Gasteiger partial charge in [0.25, 0.3) is 0 Å². The summed E-state index contributed by atoms with van der Waals surface area (Å²) in [5, 5.41) is 0.961. The number of hydrogen-bond donors (Lipinski definition) is 1. The SMILES string of the molecule is CCc1cnc(CN(C)C(=O)[C@@H](C)N)s1.Cl.Cl. The molecule has 0 saturated carbocycles. The molecule has 1 amide bonds. The van der Waals surface area contributed by atoms with E-state index in [9.17, 15) is 4.79 Å². The lowest BCUT2D eigenvalue weighted by Crippen LogP contribution is -2.39. The van der Waals surface area contributed by atoms with Gasteiger partial charge in [-0.05, 0) is 13.3 Å². The van der Waals surface area contributed by atoms with Crippen LogP contribution in [0.3, 0.4) is 0 Å². The molecule has 0 aliphatic carbocycles. The van der Waals surface area contributed by atoms with Crippen LogP contribution < -0.4 is 5.73 Å². The van der Waals surface area contributed by atoms with Crippen LogP contribution >= 0.6 is 36.2 Å². The average molecular weight is 300 g/mol. The molecule has 1 aromatic heterocycles. The van der Waals surface area contributed by atoms with Crippen LogP contribution in [0, 0.1) is 0 Å². The van der Waals surface area contributed by atoms with Gasteiger partial charge in [-0.15, -0.1) is 36.2 Å². The Kier molecular flexibility index (Phi) is 9.71. The molecule has 0 bridgehead atoms. The van der Waals surface area contributed by atoms with Gasteiger partial charge in [-0.3, -0.25) is 4.79 Å². The number of aryl methyl sites for hydroxylation is 1. The minimum atomic E-state index is -0.444. The molecule has 0 aliphatic rings. The third-order valence-corrected chi connectivity index (χ3v) is 3.21. The van der Waals surface area contributed by atoms with Crippen LogP contribution in [0.25, 0.3) is 0 Å². The van der Waals surface area contributed by atoms with Crippen LogP contribution in [0.2, 0.25) is 0 Å². The summed E-state index contributed by atoms with van der Waals surface area (Å²) in [6.45, 7) is 4.33. The Labute approximate surface area is 118 Å². The summed E-state index contributed by atoms with van der Waals surface area (Å²) in [5.41, 5.74) is 5.51. The number of nitrogens with two attached hydrogens (primary N) is 1. The van der Waals surface area contributed by atoms with Gasteiger partial charge in [-0.25, -0.2) is 4.98 Å². The monoisotopic (exact) mass is 299 g/mol. The topological polar surface area (TPSA) is 59.2 Å². The van der Waals surface area contributed by atoms with Gasteiger partial charge in [0.05, 0.1) is 12.6 Å². The third kappa shape index (κ3) is 5.68. The van der Waals surface area contributed by atoms with Gasteiger partial charge < -0.3 is 10.6 Å². The van der Waals surface area contributed by atoms with Crippen molar-refractivity contribution in [2.45, 2.75) is 32.9 Å². The second-order valence-corrected chi connectivity index (χ2v) is 4.76. The highest BCUT2D eigenvalue weighted by Gasteiger charge is 2.14. The van der Waals surface area contributed by atoms with Crippen LogP contribution in [0.4, 0.5) is 0 Å². The minimum absolute atomic E-state index is 0. The van der Waals surface area contributed by atoms with E-state index in [0.717, 1.165) is 11.4 Å². The Morgan fingerprint density at radius 1 is 1.59 bits per heavy atom. The number of thiazole rings is 1. The van der Waals surface area contributed by atoms with Crippen molar-refractivity contribution >= 4 is 42.1 Å². The van der Waals surface area contributed by atoms with Crippen molar-refractivity contribution in [2.75, 3.05) is 7.05 Å². The summed E-state index contributed by atoms with van der Waals surface area (Å²) in [6, 6.07) is -0.444. The molecule has 0 radical (unpaired) electrons. The van der Waals surface area contributed by atoms with E-state index in [1.165, 1.54) is 4.88 Å². The molecule has 1 atom stereocenters. The molecular weight excluding hydrogens is 281 g/mol. The first-order valence-electron chi connectivity index (χ1n) is 4.98. The van der Waals surface area contributed by atoms with Gasteiger partial charge in [0, 0.05) is 18.1 Å². The summed E-state index contributed by atoms with van der Waals surface area (Å²) < 4.78 is 0. The molecule has 0 spiro atoms. The van der Waals surface area contributed by atoms with Gasteiger partial charge >= 0.3 is 0 Å². The lowest BCUT2D eigenvalue weighted by Gasteiger charge is -2.17. The lowest BCUT2D eigenvalue weighted by molar-refractivity contribution is -0.131. The summed E-state index contributed by atoms with van der Waals surface area (Å²) >= 11 is 1.64. The van der Waals surface area contributed by atoms with Crippen LogP contribution in [0.15, 0.2) is 6.20 Å². The van der Waals surface area contributed by atoms with Gasteiger partial charge in [-0.2, -0.15) is 0 Å². The van der Waals surface area contributed by atoms with Crippen molar-refractivity contribution in [1.29, 1.82) is 0 Å². The molecule has 2 N–H and O–H groups in total. The van der Waals surface area contributed by atoms with Crippen molar-refractivity contribution in [3.63, 3.8) is 0 Å². The number of carbonyl (C=O) groups is 1. The first kappa shape index (κ1) is 19.0. The van der Waals surface area contributed by atoms with Gasteiger partial charge in [0.2, 0.25) is 5.91 Å². The molecule has 7 heteroatoms. The van der Waals surface area contributed by atoms with Crippen LogP contribution in [-0.4, -0.2) is 28.9 Å². The number of nitrogens with zero attached hydrogens (tertiary/aromatic N) is 2. The predicted molar refractivity (Wildman–Crippen MR) is 76.1 cm³/mol. The molecular formula is C10H19Cl2N3OS. The fraction of sp³-hybridized carbons (Fsp3) is 0.600. The molecule has 1 rings (SSSR count). The second-order valence-electron chi connectivity index (χ2n) is 3.56. The standard InChI is InChI=1S/C10H17N3OS.2ClH/c1-4-8-5-12-9(15-8)6-13(3)10(14)7(2)11;;/h5,7H,4,6,11H2,1-3H3;2*1H/t7-;;/m1../s1. The maximum Gasteiger partial charge on any atom is 0.239 e. The van der Waals surface area contributed by atoms with Crippen molar-refractivity contribution in [3.8, 4) is 0 Å². The number of rotatable bonds is 4. The Balaban J connectivity index is 0. The summed E-state index contributed by atoms with van der Waals surface area (Å²) in [6.07, 6.45) is 2.85. The Morgan fingerprint density at radius 2 is 2.18 bits per heavy atom. The largest absolute Gasteiger partial charge is 0.338 e. The highest BCUT2D eigenvalue weighted by molar-refractivity contribution is 7.11. The normalized spacial score (nSPS) is 11.1. The number of aromatic nitrogens is 1. The van der Waals surface area contributed by atoms with E-state index in [0.29, 0.717) is 6.54 Å². The Hall–Kier alpha value is -0.360. The molecule has 4 nitrogen and oxygen atoms in total. The zero-order chi connectivity index (χ0) is 11.4. The van der Waals surface area contributed by atoms with Crippen molar-refractivity contribution in [3.05, 3.63) is 16.1 Å². The fourth-order valence-electron chi connectivity index (χ4n) is 1.21. The molecule has 0 aliphatic heterocycles. The smallest absolute Gasteiger partial charge is 0.239 e. The maximum absolute atomic E-state index is 11.5. The second kappa shape index (κ2) is 8.69. The van der Waals surface area contributed by atoms with Crippen molar-refractivity contribution in [2.24, 2.45) is 5.73 Å². The van der Waals surface area contributed by atoms with Gasteiger partial charge in [0.1, 0.15) is 5.01 Å². The molecule has 0 fully saturated rings. The lowest BCUT2D eigenvalue weighted by atomic mass is 10.3. The molecule has 0 unspecified atom stereocenters. The Bertz CT molecular complexity index is 344. The van der Waals surface area contributed by atoms with Crippen molar-refractivity contribution < 1.29 is 4.79 Å². The first-order valence-corrected chi connectivity index (χ1v) is 5.80. The third-order valence-electron chi connectivity index (χ3n) is 2.09. The highest BCUT2D eigenvalue weighted by atomic mass is 35.5. The fourth-order valence-corrected chi connectivity index (χ4v) is 2.13. The van der Waals surface area contributed by atoms with Crippen LogP contribution in [0.1, 0.15) is 23.7 Å². The predicted octanol–water partition coefficient (Wildman–Crippen LogP) is 1.85. The average Bonchev–Trinajstić information content (AvgIpc) is 2.64. The summed E-state index contributed by atoms with van der Waals surface area (Å²) in [4.78, 5) is 18.6. The Morgan fingerprint density at radius 3 is 2.59 bits per heavy atom. The van der Waals surface area contributed by atoms with E-state index >= 15 is 0 Å². The van der Waals surface area contributed by atoms with Crippen LogP contribution in [-0.2, 0) is 17.8 Å². The molecule has 17 heavy (non-hydrogen) atoms. The molecule has 100 valence electrons. The van der Waals surface area contributed by atoms with E-state index in [1.54, 1.807) is 30.2 Å². The van der Waals surface area contributed by atoms with E-state index in [2.05, 4.69) is 11.9 Å². The number of amides is 1. The van der Waals surface area contributed by atoms with Crippen LogP contribution in [0.5, 0.6) is 0 Å².